The van der Waals surface area contributed by atoms with E-state index in [1.54, 1.807) is 0 Å². The van der Waals surface area contributed by atoms with E-state index in [4.69, 9.17) is 4.74 Å². The minimum Gasteiger partial charge on any atom is -0.444 e. The van der Waals surface area contributed by atoms with Crippen molar-refractivity contribution >= 4 is 6.09 Å². The first kappa shape index (κ1) is 15.3. The van der Waals surface area contributed by atoms with E-state index in [1.165, 1.54) is 29.5 Å². The van der Waals surface area contributed by atoms with E-state index in [-0.39, 0.29) is 6.09 Å². The molecule has 1 aliphatic heterocycles. The van der Waals surface area contributed by atoms with E-state index in [1.807, 2.05) is 25.7 Å². The van der Waals surface area contributed by atoms with E-state index >= 15 is 0 Å². The lowest BCUT2D eigenvalue weighted by Crippen LogP contribution is -2.40. The highest BCUT2D eigenvalue weighted by molar-refractivity contribution is 5.68. The van der Waals surface area contributed by atoms with Crippen molar-refractivity contribution in [2.45, 2.75) is 64.8 Å². The van der Waals surface area contributed by atoms with Crippen LogP contribution in [0, 0.1) is 0 Å². The normalized spacial score (nSPS) is 18.0. The smallest absolute Gasteiger partial charge is 0.410 e. The molecule has 0 aromatic heterocycles. The number of nitrogens with zero attached hydrogens (tertiary/aromatic N) is 1. The van der Waals surface area contributed by atoms with Crippen LogP contribution in [0.25, 0.3) is 0 Å². The molecule has 0 radical (unpaired) electrons. The predicted octanol–water partition coefficient (Wildman–Crippen LogP) is 3.23. The molecule has 1 fully saturated rings. The number of hydrogen-bond donors (Lipinski definition) is 1. The van der Waals surface area contributed by atoms with Gasteiger partial charge in [0.15, 0.2) is 0 Å². The topological polar surface area (TPSA) is 41.6 Å². The van der Waals surface area contributed by atoms with E-state index in [0.717, 1.165) is 25.6 Å². The molecule has 1 N–H and O–H groups in total. The highest BCUT2D eigenvalue weighted by Crippen LogP contribution is 2.25. The summed E-state index contributed by atoms with van der Waals surface area (Å²) in [7, 11) is 0. The zero-order chi connectivity index (χ0) is 15.7. The van der Waals surface area contributed by atoms with Crippen molar-refractivity contribution in [1.82, 2.24) is 10.2 Å². The third kappa shape index (κ3) is 3.80. The Bertz CT molecular complexity index is 559. The average molecular weight is 302 g/mol. The van der Waals surface area contributed by atoms with Crippen molar-refractivity contribution < 1.29 is 9.53 Å². The summed E-state index contributed by atoms with van der Waals surface area (Å²) in [4.78, 5) is 14.0. The molecule has 120 valence electrons. The van der Waals surface area contributed by atoms with Crippen LogP contribution >= 0.6 is 0 Å². The molecular weight excluding hydrogens is 276 g/mol. The van der Waals surface area contributed by atoms with Crippen molar-refractivity contribution in [3.8, 4) is 0 Å². The Kier molecular flexibility index (Phi) is 4.13. The van der Waals surface area contributed by atoms with Crippen LogP contribution in [0.3, 0.4) is 0 Å². The summed E-state index contributed by atoms with van der Waals surface area (Å²) in [6.07, 6.45) is 3.32. The van der Waals surface area contributed by atoms with Gasteiger partial charge in [0.1, 0.15) is 5.60 Å². The molecule has 3 rings (SSSR count). The Labute approximate surface area is 132 Å². The highest BCUT2D eigenvalue weighted by Gasteiger charge is 2.27. The zero-order valence-corrected chi connectivity index (χ0v) is 13.8. The lowest BCUT2D eigenvalue weighted by Gasteiger charge is -2.32. The molecule has 1 aliphatic carbocycles. The average Bonchev–Trinajstić information content (AvgIpc) is 3.26. The summed E-state index contributed by atoms with van der Waals surface area (Å²) in [6.45, 7) is 8.06. The summed E-state index contributed by atoms with van der Waals surface area (Å²) in [5.41, 5.74) is 3.61. The lowest BCUT2D eigenvalue weighted by molar-refractivity contribution is 0.0223. The maximum Gasteiger partial charge on any atom is 0.410 e. The fourth-order valence-corrected chi connectivity index (χ4v) is 2.88. The molecule has 0 spiro atoms. The minimum atomic E-state index is -0.437. The van der Waals surface area contributed by atoms with Crippen molar-refractivity contribution in [1.29, 1.82) is 0 Å². The molecule has 1 amide bonds. The van der Waals surface area contributed by atoms with Gasteiger partial charge in [0.2, 0.25) is 0 Å². The monoisotopic (exact) mass is 302 g/mol. The quantitative estimate of drug-likeness (QED) is 0.932. The maximum absolute atomic E-state index is 12.2. The molecule has 0 saturated heterocycles. The summed E-state index contributed by atoms with van der Waals surface area (Å²) in [5, 5.41) is 3.58. The van der Waals surface area contributed by atoms with Gasteiger partial charge in [-0.25, -0.2) is 4.79 Å². The van der Waals surface area contributed by atoms with Gasteiger partial charge >= 0.3 is 6.09 Å². The molecule has 0 unspecified atom stereocenters. The number of ether oxygens (including phenoxy) is 1. The van der Waals surface area contributed by atoms with E-state index in [2.05, 4.69) is 23.5 Å². The lowest BCUT2D eigenvalue weighted by atomic mass is 9.94. The molecule has 0 bridgehead atoms. The molecule has 1 aromatic carbocycles. The summed E-state index contributed by atoms with van der Waals surface area (Å²) >= 11 is 0. The molecule has 1 saturated carbocycles. The van der Waals surface area contributed by atoms with Gasteiger partial charge in [0, 0.05) is 25.7 Å². The number of hydrogen-bond acceptors (Lipinski definition) is 3. The van der Waals surface area contributed by atoms with Crippen LogP contribution in [0.15, 0.2) is 18.2 Å². The Morgan fingerprint density at radius 2 is 2.14 bits per heavy atom. The third-order valence-electron chi connectivity index (χ3n) is 4.17. The van der Waals surface area contributed by atoms with Crippen LogP contribution in [0.1, 0.15) is 50.3 Å². The minimum absolute atomic E-state index is 0.209. The first-order valence-electron chi connectivity index (χ1n) is 8.23. The fourth-order valence-electron chi connectivity index (χ4n) is 2.88. The first-order chi connectivity index (χ1) is 10.4. The van der Waals surface area contributed by atoms with Gasteiger partial charge in [-0.1, -0.05) is 18.2 Å². The number of rotatable bonds is 3. The van der Waals surface area contributed by atoms with Crippen LogP contribution in [-0.2, 0) is 24.2 Å². The number of carbonyl (C=O) groups is 1. The summed E-state index contributed by atoms with van der Waals surface area (Å²) in [5.74, 6) is 0. The maximum atomic E-state index is 12.2. The van der Waals surface area contributed by atoms with Crippen LogP contribution < -0.4 is 5.32 Å². The van der Waals surface area contributed by atoms with E-state index in [0.29, 0.717) is 6.54 Å². The van der Waals surface area contributed by atoms with Crippen molar-refractivity contribution in [3.05, 3.63) is 34.9 Å². The van der Waals surface area contributed by atoms with Crippen LogP contribution in [0.2, 0.25) is 0 Å². The van der Waals surface area contributed by atoms with Gasteiger partial charge in [-0.15, -0.1) is 0 Å². The number of carbonyl (C=O) groups excluding carboxylic acids is 1. The highest BCUT2D eigenvalue weighted by atomic mass is 16.6. The molecule has 2 aliphatic rings. The molecule has 4 nitrogen and oxygen atoms in total. The number of benzene rings is 1. The summed E-state index contributed by atoms with van der Waals surface area (Å²) in [6, 6.07) is 7.16. The van der Waals surface area contributed by atoms with Gasteiger partial charge in [-0.3, -0.25) is 0 Å². The standard InChI is InChI=1S/C18H26N2O2/c1-18(2,3)22-17(21)20-10-9-16-13(11-19-15-7-8-15)5-4-6-14(16)12-20/h4-6,15,19H,7-12H2,1-3H3. The van der Waals surface area contributed by atoms with Gasteiger partial charge in [-0.05, 0) is 56.7 Å². The third-order valence-corrected chi connectivity index (χ3v) is 4.17. The SMILES string of the molecule is CC(C)(C)OC(=O)N1CCc2c(CNC3CC3)cccc2C1. The van der Waals surface area contributed by atoms with Crippen molar-refractivity contribution in [2.24, 2.45) is 0 Å². The van der Waals surface area contributed by atoms with E-state index < -0.39 is 5.60 Å². The zero-order valence-electron chi connectivity index (χ0n) is 13.8. The van der Waals surface area contributed by atoms with Gasteiger partial charge in [0.05, 0.1) is 0 Å². The second-order valence-corrected chi connectivity index (χ2v) is 7.36. The van der Waals surface area contributed by atoms with Gasteiger partial charge in [-0.2, -0.15) is 0 Å². The number of fused-ring (bicyclic) bond motifs is 1. The Morgan fingerprint density at radius 1 is 1.36 bits per heavy atom. The molecule has 1 aromatic rings. The molecule has 22 heavy (non-hydrogen) atoms. The van der Waals surface area contributed by atoms with Crippen molar-refractivity contribution in [3.63, 3.8) is 0 Å². The van der Waals surface area contributed by atoms with Crippen molar-refractivity contribution in [2.75, 3.05) is 6.54 Å². The largest absolute Gasteiger partial charge is 0.444 e. The Hall–Kier alpha value is -1.55. The molecule has 4 heteroatoms. The Morgan fingerprint density at radius 3 is 2.82 bits per heavy atom. The Balaban J connectivity index is 1.67. The predicted molar refractivity (Wildman–Crippen MR) is 86.7 cm³/mol. The second-order valence-electron chi connectivity index (χ2n) is 7.36. The second kappa shape index (κ2) is 5.92. The van der Waals surface area contributed by atoms with E-state index in [9.17, 15) is 4.79 Å². The number of nitrogens with one attached hydrogen (secondary N) is 1. The van der Waals surface area contributed by atoms with Gasteiger partial charge < -0.3 is 15.0 Å². The molecular formula is C18H26N2O2. The summed E-state index contributed by atoms with van der Waals surface area (Å²) < 4.78 is 5.48. The van der Waals surface area contributed by atoms with Crippen LogP contribution in [0.4, 0.5) is 4.79 Å². The van der Waals surface area contributed by atoms with Crippen LogP contribution in [0.5, 0.6) is 0 Å². The molecule has 1 heterocycles. The van der Waals surface area contributed by atoms with Gasteiger partial charge in [0.25, 0.3) is 0 Å². The van der Waals surface area contributed by atoms with Crippen LogP contribution in [-0.4, -0.2) is 29.2 Å². The number of amides is 1. The first-order valence-corrected chi connectivity index (χ1v) is 8.23. The fraction of sp³-hybridized carbons (Fsp3) is 0.611. The molecule has 0 atom stereocenters.